The number of hydrogen-bond donors (Lipinski definition) is 1. The lowest BCUT2D eigenvalue weighted by Crippen LogP contribution is -2.42. The minimum absolute atomic E-state index is 0.00944. The summed E-state index contributed by atoms with van der Waals surface area (Å²) < 4.78 is 26.5. The minimum Gasteiger partial charge on any atom is -0.316 e. The van der Waals surface area contributed by atoms with E-state index in [1.165, 1.54) is 4.88 Å². The topological polar surface area (TPSA) is 49.4 Å². The molecule has 1 fully saturated rings. The summed E-state index contributed by atoms with van der Waals surface area (Å²) in [5.41, 5.74) is 0. The fourth-order valence-electron chi connectivity index (χ4n) is 2.60. The lowest BCUT2D eigenvalue weighted by atomic mass is 10.0. The van der Waals surface area contributed by atoms with Gasteiger partial charge in [0.15, 0.2) is 0 Å². The molecule has 4 nitrogen and oxygen atoms in total. The Morgan fingerprint density at radius 3 is 2.95 bits per heavy atom. The van der Waals surface area contributed by atoms with E-state index < -0.39 is 10.0 Å². The second kappa shape index (κ2) is 7.02. The molecule has 0 amide bonds. The van der Waals surface area contributed by atoms with Crippen LogP contribution in [0.4, 0.5) is 0 Å². The van der Waals surface area contributed by atoms with Gasteiger partial charge >= 0.3 is 0 Å². The van der Waals surface area contributed by atoms with E-state index in [4.69, 9.17) is 0 Å². The third kappa shape index (κ3) is 4.28. The van der Waals surface area contributed by atoms with Gasteiger partial charge in [0.25, 0.3) is 0 Å². The monoisotopic (exact) mass is 316 g/mol. The zero-order chi connectivity index (χ0) is 14.6. The van der Waals surface area contributed by atoms with Crippen molar-refractivity contribution in [2.45, 2.75) is 32.2 Å². The standard InChI is InChI=1S/C14H24N2O2S2/c1-12(9-14-6-4-8-19-14)16(2)20(17,18)11-13-5-3-7-15-10-13/h4,6,8,12-13,15H,3,5,7,9-11H2,1-2H3. The molecule has 2 heterocycles. The number of hydrogen-bond acceptors (Lipinski definition) is 4. The maximum atomic E-state index is 12.5. The summed E-state index contributed by atoms with van der Waals surface area (Å²) in [4.78, 5) is 1.24. The summed E-state index contributed by atoms with van der Waals surface area (Å²) in [5, 5.41) is 5.31. The Hall–Kier alpha value is -0.430. The number of piperidine rings is 1. The number of thiophene rings is 1. The average molecular weight is 316 g/mol. The number of likely N-dealkylation sites (N-methyl/N-ethyl adjacent to an activating group) is 1. The Morgan fingerprint density at radius 1 is 1.55 bits per heavy atom. The molecule has 6 heteroatoms. The quantitative estimate of drug-likeness (QED) is 0.872. The summed E-state index contributed by atoms with van der Waals surface area (Å²) in [6, 6.07) is 4.08. The smallest absolute Gasteiger partial charge is 0.214 e. The zero-order valence-corrected chi connectivity index (χ0v) is 13.8. The normalized spacial score (nSPS) is 22.1. The molecule has 1 saturated heterocycles. The molecule has 1 N–H and O–H groups in total. The average Bonchev–Trinajstić information content (AvgIpc) is 2.91. The highest BCUT2D eigenvalue weighted by Gasteiger charge is 2.27. The van der Waals surface area contributed by atoms with Crippen LogP contribution in [0.2, 0.25) is 0 Å². The highest BCUT2D eigenvalue weighted by Crippen LogP contribution is 2.19. The van der Waals surface area contributed by atoms with Gasteiger partial charge in [0, 0.05) is 18.0 Å². The van der Waals surface area contributed by atoms with E-state index in [0.29, 0.717) is 0 Å². The van der Waals surface area contributed by atoms with Crippen LogP contribution >= 0.6 is 11.3 Å². The largest absolute Gasteiger partial charge is 0.316 e. The van der Waals surface area contributed by atoms with Crippen molar-refractivity contribution in [2.75, 3.05) is 25.9 Å². The summed E-state index contributed by atoms with van der Waals surface area (Å²) >= 11 is 1.68. The molecule has 1 aromatic heterocycles. The van der Waals surface area contributed by atoms with Crippen LogP contribution in [0, 0.1) is 5.92 Å². The summed E-state index contributed by atoms with van der Waals surface area (Å²) in [7, 11) is -1.45. The Balaban J connectivity index is 1.93. The molecular weight excluding hydrogens is 292 g/mol. The van der Waals surface area contributed by atoms with Crippen LogP contribution in [0.3, 0.4) is 0 Å². The maximum Gasteiger partial charge on any atom is 0.214 e. The lowest BCUT2D eigenvalue weighted by Gasteiger charge is -2.28. The molecule has 1 aliphatic rings. The Morgan fingerprint density at radius 2 is 2.35 bits per heavy atom. The van der Waals surface area contributed by atoms with Crippen LogP contribution in [0.25, 0.3) is 0 Å². The van der Waals surface area contributed by atoms with Crippen LogP contribution in [0.1, 0.15) is 24.6 Å². The summed E-state index contributed by atoms with van der Waals surface area (Å²) in [6.45, 7) is 3.82. The van der Waals surface area contributed by atoms with E-state index in [2.05, 4.69) is 11.4 Å². The van der Waals surface area contributed by atoms with E-state index in [-0.39, 0.29) is 17.7 Å². The van der Waals surface area contributed by atoms with Gasteiger partial charge in [0.1, 0.15) is 0 Å². The molecule has 2 rings (SSSR count). The van der Waals surface area contributed by atoms with Gasteiger partial charge in [-0.3, -0.25) is 0 Å². The first-order chi connectivity index (χ1) is 9.49. The third-order valence-corrected chi connectivity index (χ3v) is 7.01. The third-order valence-electron chi connectivity index (χ3n) is 3.98. The van der Waals surface area contributed by atoms with E-state index in [1.807, 2.05) is 18.4 Å². The lowest BCUT2D eigenvalue weighted by molar-refractivity contribution is 0.365. The fraction of sp³-hybridized carbons (Fsp3) is 0.714. The molecule has 1 aliphatic heterocycles. The van der Waals surface area contributed by atoms with Gasteiger partial charge in [-0.25, -0.2) is 12.7 Å². The summed E-state index contributed by atoms with van der Waals surface area (Å²) in [6.07, 6.45) is 2.88. The molecule has 0 spiro atoms. The van der Waals surface area contributed by atoms with E-state index >= 15 is 0 Å². The number of nitrogens with one attached hydrogen (secondary N) is 1. The number of nitrogens with zero attached hydrogens (tertiary/aromatic N) is 1. The molecule has 0 saturated carbocycles. The Kier molecular flexibility index (Phi) is 5.60. The van der Waals surface area contributed by atoms with Gasteiger partial charge in [-0.05, 0) is 56.6 Å². The highest BCUT2D eigenvalue weighted by molar-refractivity contribution is 7.89. The van der Waals surface area contributed by atoms with Gasteiger partial charge in [0.2, 0.25) is 10.0 Å². The summed E-state index contributed by atoms with van der Waals surface area (Å²) in [5.74, 6) is 0.524. The van der Waals surface area contributed by atoms with Crippen LogP contribution < -0.4 is 5.32 Å². The molecule has 0 aromatic carbocycles. The molecule has 114 valence electrons. The minimum atomic E-state index is -3.16. The first-order valence-corrected chi connectivity index (χ1v) is 9.66. The highest BCUT2D eigenvalue weighted by atomic mass is 32.2. The van der Waals surface area contributed by atoms with Gasteiger partial charge in [-0.2, -0.15) is 0 Å². The van der Waals surface area contributed by atoms with Crippen molar-refractivity contribution in [2.24, 2.45) is 5.92 Å². The van der Waals surface area contributed by atoms with Crippen LogP contribution in [-0.2, 0) is 16.4 Å². The SMILES string of the molecule is CC(Cc1cccs1)N(C)S(=O)(=O)CC1CCCNC1. The van der Waals surface area contributed by atoms with Crippen LogP contribution in [0.15, 0.2) is 17.5 Å². The van der Waals surface area contributed by atoms with Gasteiger partial charge in [-0.1, -0.05) is 6.07 Å². The van der Waals surface area contributed by atoms with Crippen molar-refractivity contribution in [1.29, 1.82) is 0 Å². The Bertz CT molecular complexity index is 493. The second-order valence-corrected chi connectivity index (χ2v) is 8.75. The predicted octanol–water partition coefficient (Wildman–Crippen LogP) is 1.94. The van der Waals surface area contributed by atoms with Crippen molar-refractivity contribution >= 4 is 21.4 Å². The second-order valence-electron chi connectivity index (χ2n) is 5.64. The van der Waals surface area contributed by atoms with Crippen molar-refractivity contribution < 1.29 is 8.42 Å². The molecule has 0 aliphatic carbocycles. The Labute approximate surface area is 126 Å². The molecule has 1 aromatic rings. The molecule has 20 heavy (non-hydrogen) atoms. The van der Waals surface area contributed by atoms with Gasteiger partial charge in [0.05, 0.1) is 5.75 Å². The van der Waals surface area contributed by atoms with E-state index in [9.17, 15) is 8.42 Å². The fourth-order valence-corrected chi connectivity index (χ4v) is 5.17. The zero-order valence-electron chi connectivity index (χ0n) is 12.2. The molecule has 2 atom stereocenters. The van der Waals surface area contributed by atoms with Crippen molar-refractivity contribution in [3.8, 4) is 0 Å². The van der Waals surface area contributed by atoms with Crippen LogP contribution in [-0.4, -0.2) is 44.7 Å². The number of sulfonamides is 1. The molecule has 0 radical (unpaired) electrons. The first kappa shape index (κ1) is 15.9. The maximum absolute atomic E-state index is 12.5. The van der Waals surface area contributed by atoms with Crippen molar-refractivity contribution in [3.63, 3.8) is 0 Å². The van der Waals surface area contributed by atoms with E-state index in [0.717, 1.165) is 32.4 Å². The molecular formula is C14H24N2O2S2. The molecule has 0 bridgehead atoms. The van der Waals surface area contributed by atoms with Gasteiger partial charge < -0.3 is 5.32 Å². The van der Waals surface area contributed by atoms with Crippen molar-refractivity contribution in [3.05, 3.63) is 22.4 Å². The predicted molar refractivity (Wildman–Crippen MR) is 84.6 cm³/mol. The van der Waals surface area contributed by atoms with Gasteiger partial charge in [-0.15, -0.1) is 11.3 Å². The number of rotatable bonds is 6. The first-order valence-electron chi connectivity index (χ1n) is 7.18. The molecule has 2 unspecified atom stereocenters. The van der Waals surface area contributed by atoms with Crippen molar-refractivity contribution in [1.82, 2.24) is 9.62 Å². The van der Waals surface area contributed by atoms with E-state index in [1.54, 1.807) is 22.7 Å². The van der Waals surface area contributed by atoms with Crippen LogP contribution in [0.5, 0.6) is 0 Å².